The predicted molar refractivity (Wildman–Crippen MR) is 80.4 cm³/mol. The molecule has 0 aromatic heterocycles. The van der Waals surface area contributed by atoms with Gasteiger partial charge < -0.3 is 20.7 Å². The number of hydrogen-bond donors (Lipinski definition) is 3. The van der Waals surface area contributed by atoms with Crippen molar-refractivity contribution in [3.05, 3.63) is 29.8 Å². The highest BCUT2D eigenvalue weighted by Gasteiger charge is 2.16. The molecule has 0 spiro atoms. The number of nitrogens with one attached hydrogen (secondary N) is 3. The molecule has 21 heavy (non-hydrogen) atoms. The van der Waals surface area contributed by atoms with Crippen LogP contribution in [0.4, 0.5) is 10.5 Å². The van der Waals surface area contributed by atoms with Crippen molar-refractivity contribution in [2.24, 2.45) is 0 Å². The summed E-state index contributed by atoms with van der Waals surface area (Å²) in [6.07, 6.45) is 2.13. The summed E-state index contributed by atoms with van der Waals surface area (Å²) < 4.78 is 5.44. The normalized spacial score (nSPS) is 17.3. The second-order valence-electron chi connectivity index (χ2n) is 4.91. The molecule has 1 aromatic rings. The van der Waals surface area contributed by atoms with Gasteiger partial charge in [0.05, 0.1) is 6.10 Å². The van der Waals surface area contributed by atoms with E-state index in [2.05, 4.69) is 16.0 Å². The summed E-state index contributed by atoms with van der Waals surface area (Å²) in [5, 5.41) is 8.21. The Morgan fingerprint density at radius 2 is 2.19 bits per heavy atom. The number of rotatable bonds is 5. The third kappa shape index (κ3) is 4.75. The fourth-order valence-corrected chi connectivity index (χ4v) is 2.19. The van der Waals surface area contributed by atoms with E-state index < -0.39 is 0 Å². The van der Waals surface area contributed by atoms with Crippen LogP contribution in [0.15, 0.2) is 24.3 Å². The molecular weight excluding hydrogens is 270 g/mol. The third-order valence-corrected chi connectivity index (χ3v) is 3.23. The summed E-state index contributed by atoms with van der Waals surface area (Å²) >= 11 is 0. The zero-order chi connectivity index (χ0) is 15.1. The Hall–Kier alpha value is -2.08. The smallest absolute Gasteiger partial charge is 0.319 e. The number of carbonyl (C=O) groups excluding carboxylic acids is 2. The van der Waals surface area contributed by atoms with Crippen molar-refractivity contribution in [1.29, 1.82) is 0 Å². The van der Waals surface area contributed by atoms with E-state index >= 15 is 0 Å². The molecule has 0 radical (unpaired) electrons. The summed E-state index contributed by atoms with van der Waals surface area (Å²) in [6, 6.07) is 6.55. The van der Waals surface area contributed by atoms with Gasteiger partial charge in [-0.15, -0.1) is 0 Å². The lowest BCUT2D eigenvalue weighted by atomic mass is 10.2. The molecule has 3 amide bonds. The minimum absolute atomic E-state index is 0.109. The molecule has 0 aliphatic carbocycles. The van der Waals surface area contributed by atoms with Gasteiger partial charge >= 0.3 is 6.03 Å². The molecule has 2 rings (SSSR count). The van der Waals surface area contributed by atoms with Crippen molar-refractivity contribution in [1.82, 2.24) is 10.6 Å². The number of ether oxygens (including phenoxy) is 1. The van der Waals surface area contributed by atoms with Gasteiger partial charge in [-0.2, -0.15) is 0 Å². The van der Waals surface area contributed by atoms with Gasteiger partial charge in [-0.25, -0.2) is 4.79 Å². The van der Waals surface area contributed by atoms with Crippen molar-refractivity contribution in [2.45, 2.75) is 25.9 Å². The fraction of sp³-hybridized carbons (Fsp3) is 0.467. The molecule has 1 aliphatic heterocycles. The molecule has 6 nitrogen and oxygen atoms in total. The van der Waals surface area contributed by atoms with Crippen LogP contribution < -0.4 is 16.0 Å². The molecule has 1 fully saturated rings. The van der Waals surface area contributed by atoms with E-state index in [1.807, 2.05) is 6.92 Å². The zero-order valence-electron chi connectivity index (χ0n) is 12.1. The monoisotopic (exact) mass is 291 g/mol. The topological polar surface area (TPSA) is 79.5 Å². The standard InChI is InChI=1S/C15H21N3O3/c1-2-16-14(19)11-5-3-6-12(9-11)18-15(20)17-10-13-7-4-8-21-13/h3,5-6,9,13H,2,4,7-8,10H2,1H3,(H,16,19)(H2,17,18,20)/t13-/m0/s1. The minimum Gasteiger partial charge on any atom is -0.376 e. The Morgan fingerprint density at radius 3 is 2.90 bits per heavy atom. The lowest BCUT2D eigenvalue weighted by molar-refractivity contribution is 0.0956. The Morgan fingerprint density at radius 1 is 1.33 bits per heavy atom. The summed E-state index contributed by atoms with van der Waals surface area (Å²) in [7, 11) is 0. The van der Waals surface area contributed by atoms with E-state index in [1.54, 1.807) is 24.3 Å². The molecule has 1 aromatic carbocycles. The number of amides is 3. The third-order valence-electron chi connectivity index (χ3n) is 3.23. The van der Waals surface area contributed by atoms with Crippen LogP contribution in [0.25, 0.3) is 0 Å². The summed E-state index contributed by atoms with van der Waals surface area (Å²) in [5.74, 6) is -0.152. The molecule has 0 unspecified atom stereocenters. The summed E-state index contributed by atoms with van der Waals surface area (Å²) in [5.41, 5.74) is 1.11. The van der Waals surface area contributed by atoms with Crippen molar-refractivity contribution in [3.63, 3.8) is 0 Å². The van der Waals surface area contributed by atoms with E-state index in [0.717, 1.165) is 19.4 Å². The molecule has 114 valence electrons. The maximum Gasteiger partial charge on any atom is 0.319 e. The SMILES string of the molecule is CCNC(=O)c1cccc(NC(=O)NC[C@@H]2CCCO2)c1. The molecule has 1 saturated heterocycles. The molecule has 1 aliphatic rings. The maximum atomic E-state index is 11.8. The molecule has 1 atom stereocenters. The highest BCUT2D eigenvalue weighted by Crippen LogP contribution is 2.12. The lowest BCUT2D eigenvalue weighted by Gasteiger charge is -2.12. The van der Waals surface area contributed by atoms with Gasteiger partial charge in [0.25, 0.3) is 5.91 Å². The molecule has 6 heteroatoms. The number of carbonyl (C=O) groups is 2. The van der Waals surface area contributed by atoms with E-state index in [1.165, 1.54) is 0 Å². The highest BCUT2D eigenvalue weighted by molar-refractivity contribution is 5.96. The fourth-order valence-electron chi connectivity index (χ4n) is 2.19. The van der Waals surface area contributed by atoms with Gasteiger partial charge in [0, 0.05) is 30.9 Å². The van der Waals surface area contributed by atoms with Gasteiger partial charge in [-0.1, -0.05) is 6.07 Å². The Labute approximate surface area is 124 Å². The van der Waals surface area contributed by atoms with Gasteiger partial charge in [0.2, 0.25) is 0 Å². The van der Waals surface area contributed by atoms with E-state index in [4.69, 9.17) is 4.74 Å². The van der Waals surface area contributed by atoms with Gasteiger partial charge in [0.15, 0.2) is 0 Å². The minimum atomic E-state index is -0.293. The Kier molecular flexibility index (Phi) is 5.57. The number of urea groups is 1. The van der Waals surface area contributed by atoms with Crippen LogP contribution in [-0.2, 0) is 4.74 Å². The van der Waals surface area contributed by atoms with Crippen molar-refractivity contribution in [3.8, 4) is 0 Å². The Balaban J connectivity index is 1.85. The summed E-state index contributed by atoms with van der Waals surface area (Å²) in [6.45, 7) is 3.70. The first-order valence-electron chi connectivity index (χ1n) is 7.23. The summed E-state index contributed by atoms with van der Waals surface area (Å²) in [4.78, 5) is 23.5. The second kappa shape index (κ2) is 7.64. The van der Waals surface area contributed by atoms with E-state index in [-0.39, 0.29) is 18.0 Å². The van der Waals surface area contributed by atoms with Crippen molar-refractivity contribution in [2.75, 3.05) is 25.0 Å². The second-order valence-corrected chi connectivity index (χ2v) is 4.91. The number of hydrogen-bond acceptors (Lipinski definition) is 3. The Bertz CT molecular complexity index is 499. The largest absolute Gasteiger partial charge is 0.376 e. The van der Waals surface area contributed by atoms with Crippen molar-refractivity contribution >= 4 is 17.6 Å². The number of benzene rings is 1. The molecular formula is C15H21N3O3. The van der Waals surface area contributed by atoms with E-state index in [0.29, 0.717) is 24.3 Å². The van der Waals surface area contributed by atoms with E-state index in [9.17, 15) is 9.59 Å². The highest BCUT2D eigenvalue weighted by atomic mass is 16.5. The van der Waals surface area contributed by atoms with Crippen LogP contribution in [0.5, 0.6) is 0 Å². The van der Waals surface area contributed by atoms with Crippen LogP contribution in [0.2, 0.25) is 0 Å². The molecule has 0 saturated carbocycles. The lowest BCUT2D eigenvalue weighted by Crippen LogP contribution is -2.35. The van der Waals surface area contributed by atoms with Crippen LogP contribution >= 0.6 is 0 Å². The average Bonchev–Trinajstić information content (AvgIpc) is 2.99. The maximum absolute atomic E-state index is 11.8. The number of anilines is 1. The van der Waals surface area contributed by atoms with Crippen LogP contribution in [0, 0.1) is 0 Å². The first-order valence-corrected chi connectivity index (χ1v) is 7.23. The average molecular weight is 291 g/mol. The predicted octanol–water partition coefficient (Wildman–Crippen LogP) is 1.74. The van der Waals surface area contributed by atoms with Crippen LogP contribution in [-0.4, -0.2) is 37.7 Å². The van der Waals surface area contributed by atoms with Gasteiger partial charge in [0.1, 0.15) is 0 Å². The van der Waals surface area contributed by atoms with Gasteiger partial charge in [-0.3, -0.25) is 4.79 Å². The molecule has 3 N–H and O–H groups in total. The van der Waals surface area contributed by atoms with Crippen LogP contribution in [0.3, 0.4) is 0 Å². The van der Waals surface area contributed by atoms with Crippen molar-refractivity contribution < 1.29 is 14.3 Å². The van der Waals surface area contributed by atoms with Gasteiger partial charge in [-0.05, 0) is 38.0 Å². The zero-order valence-corrected chi connectivity index (χ0v) is 12.1. The first-order chi connectivity index (χ1) is 10.2. The molecule has 1 heterocycles. The van der Waals surface area contributed by atoms with Crippen LogP contribution in [0.1, 0.15) is 30.1 Å². The first kappa shape index (κ1) is 15.3. The quantitative estimate of drug-likeness (QED) is 0.773. The molecule has 0 bridgehead atoms.